The van der Waals surface area contributed by atoms with Gasteiger partial charge in [-0.1, -0.05) is 6.92 Å². The van der Waals surface area contributed by atoms with Crippen LogP contribution in [0.3, 0.4) is 0 Å². The average Bonchev–Trinajstić information content (AvgIpc) is 2.56. The Balaban J connectivity index is 2.68. The van der Waals surface area contributed by atoms with E-state index in [4.69, 9.17) is 4.74 Å². The molecule has 170 valence electrons. The number of ketones is 1. The summed E-state index contributed by atoms with van der Waals surface area (Å²) in [5.74, 6) is -0.722. The molecule has 0 bridgehead atoms. The quantitative estimate of drug-likeness (QED) is 0.610. The summed E-state index contributed by atoms with van der Waals surface area (Å²) in [4.78, 5) is 26.4. The van der Waals surface area contributed by atoms with E-state index in [9.17, 15) is 22.9 Å². The van der Waals surface area contributed by atoms with Crippen LogP contribution in [-0.4, -0.2) is 57.7 Å². The predicted octanol–water partition coefficient (Wildman–Crippen LogP) is 3.92. The van der Waals surface area contributed by atoms with E-state index in [0.717, 1.165) is 0 Å². The molecule has 9 heteroatoms. The van der Waals surface area contributed by atoms with Crippen LogP contribution in [0.1, 0.15) is 67.7 Å². The highest BCUT2D eigenvalue weighted by atomic mass is 32.2. The lowest BCUT2D eigenvalue weighted by Gasteiger charge is -2.40. The van der Waals surface area contributed by atoms with Gasteiger partial charge in [-0.2, -0.15) is 0 Å². The van der Waals surface area contributed by atoms with Gasteiger partial charge in [0.2, 0.25) is 0 Å². The van der Waals surface area contributed by atoms with E-state index in [1.807, 2.05) is 20.8 Å². The standard InChI is InChI=1S/C20H36F2N2O4S/c1-14(13-23-29(27)19(5,6)7)12-15(25)20(16(21)22)8-10-24(11-9-20)17(26)28-18(2,3)4/h14,16,23H,8-13H2,1-7H3. The monoisotopic (exact) mass is 438 g/mol. The Morgan fingerprint density at radius 2 is 1.69 bits per heavy atom. The lowest BCUT2D eigenvalue weighted by atomic mass is 9.73. The van der Waals surface area contributed by atoms with Crippen LogP contribution < -0.4 is 4.72 Å². The van der Waals surface area contributed by atoms with Gasteiger partial charge in [-0.15, -0.1) is 4.72 Å². The topological polar surface area (TPSA) is 81.7 Å². The Labute approximate surface area is 176 Å². The van der Waals surface area contributed by atoms with Crippen LogP contribution in [-0.2, 0) is 20.9 Å². The van der Waals surface area contributed by atoms with Crippen molar-refractivity contribution in [1.82, 2.24) is 9.62 Å². The minimum Gasteiger partial charge on any atom is -0.598 e. The van der Waals surface area contributed by atoms with Gasteiger partial charge in [0.1, 0.15) is 16.1 Å². The number of nitrogens with zero attached hydrogens (tertiary/aromatic N) is 1. The van der Waals surface area contributed by atoms with Crippen LogP contribution in [0.2, 0.25) is 0 Å². The molecule has 2 atom stereocenters. The summed E-state index contributed by atoms with van der Waals surface area (Å²) in [6, 6.07) is 0. The molecule has 6 nitrogen and oxygen atoms in total. The Bertz CT molecular complexity index is 568. The maximum absolute atomic E-state index is 13.9. The van der Waals surface area contributed by atoms with E-state index in [2.05, 4.69) is 4.72 Å². The molecule has 1 fully saturated rings. The van der Waals surface area contributed by atoms with Crippen molar-refractivity contribution in [3.63, 3.8) is 0 Å². The second-order valence-electron chi connectivity index (χ2n) is 9.89. The molecule has 1 heterocycles. The van der Waals surface area contributed by atoms with Crippen molar-refractivity contribution >= 4 is 23.2 Å². The van der Waals surface area contributed by atoms with Crippen LogP contribution in [0.15, 0.2) is 0 Å². The van der Waals surface area contributed by atoms with Crippen LogP contribution in [0, 0.1) is 11.3 Å². The Morgan fingerprint density at radius 1 is 1.17 bits per heavy atom. The maximum atomic E-state index is 13.9. The van der Waals surface area contributed by atoms with E-state index < -0.39 is 45.4 Å². The summed E-state index contributed by atoms with van der Waals surface area (Å²) < 4.78 is 47.7. The number of Topliss-reactive ketones (excluding diaryl/α,β-unsaturated/α-hetero) is 1. The van der Waals surface area contributed by atoms with Crippen LogP contribution in [0.25, 0.3) is 0 Å². The minimum atomic E-state index is -2.79. The zero-order valence-corrected chi connectivity index (χ0v) is 19.5. The SMILES string of the molecule is CC(CN[S+]([O-])C(C)(C)C)CC(=O)C1(C(F)F)CCN(C(=O)OC(C)(C)C)CC1. The average molecular weight is 439 g/mol. The van der Waals surface area contributed by atoms with Gasteiger partial charge in [0, 0.05) is 37.4 Å². The fraction of sp³-hybridized carbons (Fsp3) is 0.900. The summed E-state index contributed by atoms with van der Waals surface area (Å²) in [5.41, 5.74) is -2.41. The van der Waals surface area contributed by atoms with Crippen LogP contribution >= 0.6 is 0 Å². The lowest BCUT2D eigenvalue weighted by Crippen LogP contribution is -2.51. The zero-order valence-electron chi connectivity index (χ0n) is 18.6. The molecule has 0 spiro atoms. The minimum absolute atomic E-state index is 0.0227. The van der Waals surface area contributed by atoms with Crippen molar-refractivity contribution in [2.24, 2.45) is 11.3 Å². The maximum Gasteiger partial charge on any atom is 0.410 e. The molecule has 1 aliphatic heterocycles. The van der Waals surface area contributed by atoms with Gasteiger partial charge in [-0.3, -0.25) is 4.79 Å². The summed E-state index contributed by atoms with van der Waals surface area (Å²) >= 11 is -1.28. The first-order valence-electron chi connectivity index (χ1n) is 10.0. The first-order chi connectivity index (χ1) is 13.1. The summed E-state index contributed by atoms with van der Waals surface area (Å²) in [5, 5.41) is 0. The molecular weight excluding hydrogens is 402 g/mol. The van der Waals surface area contributed by atoms with Gasteiger partial charge in [0.25, 0.3) is 6.43 Å². The summed E-state index contributed by atoms with van der Waals surface area (Å²) in [6.07, 6.45) is -3.53. The normalized spacial score (nSPS) is 19.8. The number of amides is 1. The number of piperidine rings is 1. The third kappa shape index (κ3) is 7.68. The highest BCUT2D eigenvalue weighted by Gasteiger charge is 2.49. The zero-order chi connectivity index (χ0) is 22.6. The number of hydrogen-bond donors (Lipinski definition) is 1. The van der Waals surface area contributed by atoms with Crippen molar-refractivity contribution in [1.29, 1.82) is 0 Å². The molecule has 1 rings (SSSR count). The molecular formula is C20H36F2N2O4S. The number of ether oxygens (including phenoxy) is 1. The second kappa shape index (κ2) is 9.92. The van der Waals surface area contributed by atoms with Gasteiger partial charge in [-0.05, 0) is 60.3 Å². The second-order valence-corrected chi connectivity index (χ2v) is 11.9. The molecule has 0 aromatic heterocycles. The highest BCUT2D eigenvalue weighted by Crippen LogP contribution is 2.40. The fourth-order valence-corrected chi connectivity index (χ4v) is 3.93. The third-order valence-corrected chi connectivity index (χ3v) is 6.47. The Kier molecular flexibility index (Phi) is 8.93. The Hall–Kier alpha value is -0.930. The van der Waals surface area contributed by atoms with Crippen molar-refractivity contribution in [2.45, 2.75) is 84.5 Å². The lowest BCUT2D eigenvalue weighted by molar-refractivity contribution is -0.144. The third-order valence-electron chi connectivity index (χ3n) is 4.93. The molecule has 0 saturated carbocycles. The van der Waals surface area contributed by atoms with Gasteiger partial charge in [0.05, 0.1) is 5.41 Å². The number of alkyl halides is 2. The van der Waals surface area contributed by atoms with E-state index in [1.54, 1.807) is 27.7 Å². The number of halogens is 2. The molecule has 1 aliphatic rings. The van der Waals surface area contributed by atoms with Crippen LogP contribution in [0.4, 0.5) is 13.6 Å². The van der Waals surface area contributed by atoms with E-state index >= 15 is 0 Å². The summed E-state index contributed by atoms with van der Waals surface area (Å²) in [6.45, 7) is 12.9. The largest absolute Gasteiger partial charge is 0.598 e. The molecule has 0 aliphatic carbocycles. The molecule has 0 aromatic rings. The number of likely N-dealkylation sites (tertiary alicyclic amines) is 1. The van der Waals surface area contributed by atoms with E-state index in [1.165, 1.54) is 4.90 Å². The number of nitrogens with one attached hydrogen (secondary N) is 1. The molecule has 0 radical (unpaired) electrons. The summed E-state index contributed by atoms with van der Waals surface area (Å²) in [7, 11) is 0. The number of carbonyl (C=O) groups is 2. The van der Waals surface area contributed by atoms with Crippen molar-refractivity contribution in [3.05, 3.63) is 0 Å². The Morgan fingerprint density at radius 3 is 2.10 bits per heavy atom. The van der Waals surface area contributed by atoms with Crippen molar-refractivity contribution in [2.75, 3.05) is 19.6 Å². The van der Waals surface area contributed by atoms with Crippen LogP contribution in [0.5, 0.6) is 0 Å². The number of rotatable bonds is 7. The number of hydrogen-bond acceptors (Lipinski definition) is 5. The smallest absolute Gasteiger partial charge is 0.410 e. The van der Waals surface area contributed by atoms with Gasteiger partial charge in [0.15, 0.2) is 0 Å². The molecule has 1 amide bonds. The molecule has 1 saturated heterocycles. The fourth-order valence-electron chi connectivity index (χ4n) is 3.06. The molecule has 1 N–H and O–H groups in total. The van der Waals surface area contributed by atoms with Crippen molar-refractivity contribution < 1.29 is 27.7 Å². The van der Waals surface area contributed by atoms with E-state index in [0.29, 0.717) is 6.54 Å². The van der Waals surface area contributed by atoms with Gasteiger partial charge < -0.3 is 14.2 Å². The first-order valence-corrected chi connectivity index (χ1v) is 11.2. The first kappa shape index (κ1) is 26.1. The number of carbonyl (C=O) groups excluding carboxylic acids is 2. The van der Waals surface area contributed by atoms with E-state index in [-0.39, 0.29) is 38.3 Å². The van der Waals surface area contributed by atoms with Crippen molar-refractivity contribution in [3.8, 4) is 0 Å². The van der Waals surface area contributed by atoms with Gasteiger partial charge >= 0.3 is 6.09 Å². The molecule has 0 aromatic carbocycles. The molecule has 2 unspecified atom stereocenters. The molecule has 29 heavy (non-hydrogen) atoms. The predicted molar refractivity (Wildman–Crippen MR) is 110 cm³/mol. The highest BCUT2D eigenvalue weighted by molar-refractivity contribution is 7.90. The van der Waals surface area contributed by atoms with Gasteiger partial charge in [-0.25, -0.2) is 13.6 Å².